The van der Waals surface area contributed by atoms with E-state index in [1.165, 1.54) is 0 Å². The van der Waals surface area contributed by atoms with E-state index in [1.807, 2.05) is 0 Å². The Balaban J connectivity index is 3.13. The van der Waals surface area contributed by atoms with Crippen molar-refractivity contribution in [3.05, 3.63) is 14.5 Å². The van der Waals surface area contributed by atoms with Gasteiger partial charge in [-0.1, -0.05) is 51.3 Å². The Labute approximate surface area is 81.2 Å². The number of thiazole rings is 1. The second kappa shape index (κ2) is 3.58. The molecule has 1 rings (SSSR count). The minimum Gasteiger partial charge on any atom is -0.410 e. The number of oxime groups is 1. The van der Waals surface area contributed by atoms with Crippen molar-refractivity contribution in [1.82, 2.24) is 4.98 Å². The van der Waals surface area contributed by atoms with Crippen molar-refractivity contribution < 1.29 is 5.21 Å². The lowest BCUT2D eigenvalue weighted by molar-refractivity contribution is 0.321. The van der Waals surface area contributed by atoms with E-state index in [4.69, 9.17) is 40.0 Å². The molecule has 0 spiro atoms. The first-order valence-electron chi connectivity index (χ1n) is 2.35. The third-order valence-corrected chi connectivity index (χ3v) is 2.76. The second-order valence-corrected chi connectivity index (χ2v) is 3.77. The molecule has 0 aliphatic carbocycles. The Hall–Kier alpha value is -0.0300. The molecule has 11 heavy (non-hydrogen) atoms. The SMILES string of the molecule is ON=C(Cl)c1sc(Cl)nc1Cl. The molecule has 0 unspecified atom stereocenters. The first-order valence-corrected chi connectivity index (χ1v) is 4.30. The summed E-state index contributed by atoms with van der Waals surface area (Å²) >= 11 is 17.5. The number of halogens is 3. The summed E-state index contributed by atoms with van der Waals surface area (Å²) in [5, 5.41) is 11.0. The first-order chi connectivity index (χ1) is 5.15. The van der Waals surface area contributed by atoms with E-state index in [0.717, 1.165) is 11.3 Å². The van der Waals surface area contributed by atoms with Crippen LogP contribution in [0.5, 0.6) is 0 Å². The van der Waals surface area contributed by atoms with Gasteiger partial charge in [-0.3, -0.25) is 0 Å². The molecule has 0 amide bonds. The van der Waals surface area contributed by atoms with Crippen molar-refractivity contribution in [3.63, 3.8) is 0 Å². The van der Waals surface area contributed by atoms with Crippen LogP contribution in [-0.4, -0.2) is 15.4 Å². The van der Waals surface area contributed by atoms with Gasteiger partial charge in [0.05, 0.1) is 0 Å². The molecule has 7 heteroatoms. The van der Waals surface area contributed by atoms with Gasteiger partial charge in [-0.2, -0.15) is 0 Å². The van der Waals surface area contributed by atoms with E-state index in [1.54, 1.807) is 0 Å². The Morgan fingerprint density at radius 2 is 2.18 bits per heavy atom. The topological polar surface area (TPSA) is 45.5 Å². The molecule has 0 saturated carbocycles. The lowest BCUT2D eigenvalue weighted by atomic mass is 10.6. The van der Waals surface area contributed by atoms with E-state index in [0.29, 0.717) is 4.88 Å². The molecular weight excluding hydrogens is 230 g/mol. The highest BCUT2D eigenvalue weighted by molar-refractivity contribution is 7.19. The van der Waals surface area contributed by atoms with Crippen molar-refractivity contribution >= 4 is 51.3 Å². The molecule has 0 aliphatic heterocycles. The summed E-state index contributed by atoms with van der Waals surface area (Å²) in [7, 11) is 0. The molecule has 0 fully saturated rings. The van der Waals surface area contributed by atoms with Crippen LogP contribution in [-0.2, 0) is 0 Å². The minimum absolute atomic E-state index is 0.112. The van der Waals surface area contributed by atoms with Crippen molar-refractivity contribution in [2.24, 2.45) is 5.16 Å². The van der Waals surface area contributed by atoms with Gasteiger partial charge in [-0.15, -0.1) is 0 Å². The quantitative estimate of drug-likeness (QED) is 0.459. The molecule has 0 radical (unpaired) electrons. The highest BCUT2D eigenvalue weighted by Crippen LogP contribution is 2.27. The molecule has 1 aromatic rings. The fraction of sp³-hybridized carbons (Fsp3) is 0. The summed E-state index contributed by atoms with van der Waals surface area (Å²) in [6.45, 7) is 0. The molecule has 0 saturated heterocycles. The fourth-order valence-electron chi connectivity index (χ4n) is 0.450. The largest absolute Gasteiger partial charge is 0.410 e. The van der Waals surface area contributed by atoms with Crippen LogP contribution in [0, 0.1) is 0 Å². The average molecular weight is 231 g/mol. The third kappa shape index (κ3) is 1.96. The number of rotatable bonds is 1. The van der Waals surface area contributed by atoms with Gasteiger partial charge in [0.25, 0.3) is 0 Å². The smallest absolute Gasteiger partial charge is 0.188 e. The maximum Gasteiger partial charge on any atom is 0.188 e. The Kier molecular flexibility index (Phi) is 2.95. The molecular formula is C4HCl3N2OS. The van der Waals surface area contributed by atoms with Crippen molar-refractivity contribution in [2.45, 2.75) is 0 Å². The summed E-state index contributed by atoms with van der Waals surface area (Å²) in [4.78, 5) is 4.01. The summed E-state index contributed by atoms with van der Waals surface area (Å²) in [5.74, 6) is 0. The molecule has 3 nitrogen and oxygen atoms in total. The van der Waals surface area contributed by atoms with Crippen LogP contribution in [0.2, 0.25) is 9.62 Å². The van der Waals surface area contributed by atoms with E-state index in [9.17, 15) is 0 Å². The lowest BCUT2D eigenvalue weighted by Crippen LogP contribution is -1.86. The molecule has 0 bridgehead atoms. The van der Waals surface area contributed by atoms with Gasteiger partial charge in [0.15, 0.2) is 14.8 Å². The average Bonchev–Trinajstić information content (AvgIpc) is 2.28. The lowest BCUT2D eigenvalue weighted by Gasteiger charge is -1.86. The number of aromatic nitrogens is 1. The van der Waals surface area contributed by atoms with Gasteiger partial charge in [0.1, 0.15) is 4.88 Å². The third-order valence-electron chi connectivity index (χ3n) is 0.835. The van der Waals surface area contributed by atoms with Crippen molar-refractivity contribution in [2.75, 3.05) is 0 Å². The zero-order valence-electron chi connectivity index (χ0n) is 4.88. The van der Waals surface area contributed by atoms with Gasteiger partial charge in [-0.25, -0.2) is 4.98 Å². The molecule has 1 aromatic heterocycles. The number of hydrogen-bond acceptors (Lipinski definition) is 4. The fourth-order valence-corrected chi connectivity index (χ4v) is 1.96. The first kappa shape index (κ1) is 9.06. The van der Waals surface area contributed by atoms with Gasteiger partial charge in [0.2, 0.25) is 0 Å². The van der Waals surface area contributed by atoms with E-state index < -0.39 is 0 Å². The molecule has 0 aromatic carbocycles. The number of nitrogens with zero attached hydrogens (tertiary/aromatic N) is 2. The predicted octanol–water partition coefficient (Wildman–Crippen LogP) is 2.82. The van der Waals surface area contributed by atoms with Gasteiger partial charge >= 0.3 is 0 Å². The van der Waals surface area contributed by atoms with Crippen LogP contribution in [0.3, 0.4) is 0 Å². The van der Waals surface area contributed by atoms with Crippen LogP contribution in [0.15, 0.2) is 5.16 Å². The normalized spacial score (nSPS) is 12.1. The zero-order valence-corrected chi connectivity index (χ0v) is 7.97. The van der Waals surface area contributed by atoms with E-state index >= 15 is 0 Å². The summed E-state index contributed by atoms with van der Waals surface area (Å²) < 4.78 is 0.256. The van der Waals surface area contributed by atoms with Gasteiger partial charge in [-0.05, 0) is 0 Å². The maximum absolute atomic E-state index is 8.26. The molecule has 60 valence electrons. The highest BCUT2D eigenvalue weighted by Gasteiger charge is 2.12. The second-order valence-electron chi connectivity index (χ2n) is 1.48. The van der Waals surface area contributed by atoms with Crippen LogP contribution in [0.4, 0.5) is 0 Å². The number of hydrogen-bond donors (Lipinski definition) is 1. The minimum atomic E-state index is -0.112. The van der Waals surface area contributed by atoms with E-state index in [2.05, 4.69) is 10.1 Å². The Morgan fingerprint density at radius 1 is 1.55 bits per heavy atom. The predicted molar refractivity (Wildman–Crippen MR) is 46.3 cm³/mol. The molecule has 0 atom stereocenters. The van der Waals surface area contributed by atoms with Crippen LogP contribution >= 0.6 is 46.1 Å². The van der Waals surface area contributed by atoms with Gasteiger partial charge in [0, 0.05) is 0 Å². The van der Waals surface area contributed by atoms with Crippen LogP contribution in [0.25, 0.3) is 0 Å². The summed E-state index contributed by atoms with van der Waals surface area (Å²) in [6.07, 6.45) is 0. The molecule has 1 N–H and O–H groups in total. The monoisotopic (exact) mass is 230 g/mol. The zero-order chi connectivity index (χ0) is 8.43. The van der Waals surface area contributed by atoms with Gasteiger partial charge < -0.3 is 5.21 Å². The van der Waals surface area contributed by atoms with E-state index in [-0.39, 0.29) is 14.8 Å². The summed E-state index contributed by atoms with van der Waals surface area (Å²) in [6, 6.07) is 0. The van der Waals surface area contributed by atoms with Crippen molar-refractivity contribution in [3.8, 4) is 0 Å². The molecule has 0 aliphatic rings. The molecule has 1 heterocycles. The highest BCUT2D eigenvalue weighted by atomic mass is 35.5. The van der Waals surface area contributed by atoms with Crippen molar-refractivity contribution in [1.29, 1.82) is 0 Å². The standard InChI is InChI=1S/C4HCl3N2OS/c5-2-1(3(6)9-10)11-4(7)8-2/h10H. The maximum atomic E-state index is 8.26. The van der Waals surface area contributed by atoms with Crippen LogP contribution in [0.1, 0.15) is 4.88 Å². The van der Waals surface area contributed by atoms with Crippen LogP contribution < -0.4 is 0 Å². The Bertz CT molecular complexity index is 298. The summed E-state index contributed by atoms with van der Waals surface area (Å²) in [5.41, 5.74) is 0. The Morgan fingerprint density at radius 3 is 2.55 bits per heavy atom.